The third-order valence-corrected chi connectivity index (χ3v) is 5.76. The molecule has 13 heteroatoms. The number of carboxylic acids is 1. The first-order valence-corrected chi connectivity index (χ1v) is 11.9. The molecular formula is C24H36N6O7. The van der Waals surface area contributed by atoms with Gasteiger partial charge in [0, 0.05) is 12.8 Å². The number of carbonyl (C=O) groups excluding carboxylic acids is 5. The molecule has 0 heterocycles. The van der Waals surface area contributed by atoms with Gasteiger partial charge in [-0.2, -0.15) is 0 Å². The van der Waals surface area contributed by atoms with Crippen molar-refractivity contribution in [2.24, 2.45) is 23.1 Å². The van der Waals surface area contributed by atoms with Crippen molar-refractivity contribution in [3.8, 4) is 0 Å². The minimum Gasteiger partial charge on any atom is -0.480 e. The van der Waals surface area contributed by atoms with Crippen LogP contribution in [0.4, 0.5) is 0 Å². The lowest BCUT2D eigenvalue weighted by molar-refractivity contribution is -0.144. The standard InChI is InChI=1S/C24H36N6O7/c1-3-13(2)20(24(36)37)30-22(34)16(9-10-18(26)31)28-23(35)17(11-14-7-5-4-6-8-14)29-21(33)15(25)12-19(27)32/h4-8,13,15-17,20H,3,9-12,25H2,1-2H3,(H2,26,31)(H2,27,32)(H,28,35)(H,29,33)(H,30,34)(H,36,37). The molecule has 0 aliphatic carbocycles. The van der Waals surface area contributed by atoms with E-state index in [9.17, 15) is 33.9 Å². The van der Waals surface area contributed by atoms with Gasteiger partial charge in [-0.1, -0.05) is 50.6 Å². The molecule has 0 aromatic heterocycles. The maximum atomic E-state index is 13.2. The number of aliphatic carboxylic acids is 1. The van der Waals surface area contributed by atoms with Crippen molar-refractivity contribution in [1.82, 2.24) is 16.0 Å². The van der Waals surface area contributed by atoms with Crippen LogP contribution < -0.4 is 33.2 Å². The van der Waals surface area contributed by atoms with Crippen LogP contribution in [0.3, 0.4) is 0 Å². The van der Waals surface area contributed by atoms with Gasteiger partial charge in [-0.25, -0.2) is 4.79 Å². The molecule has 0 aliphatic heterocycles. The van der Waals surface area contributed by atoms with E-state index in [-0.39, 0.29) is 19.3 Å². The van der Waals surface area contributed by atoms with Gasteiger partial charge >= 0.3 is 5.97 Å². The van der Waals surface area contributed by atoms with Gasteiger partial charge in [0.05, 0.1) is 12.5 Å². The molecule has 0 spiro atoms. The first-order chi connectivity index (χ1) is 17.3. The zero-order valence-electron chi connectivity index (χ0n) is 20.9. The van der Waals surface area contributed by atoms with Gasteiger partial charge < -0.3 is 38.3 Å². The Morgan fingerprint density at radius 3 is 1.95 bits per heavy atom. The second kappa shape index (κ2) is 15.2. The summed E-state index contributed by atoms with van der Waals surface area (Å²) in [4.78, 5) is 72.8. The molecule has 0 bridgehead atoms. The number of hydrogen-bond acceptors (Lipinski definition) is 7. The molecule has 37 heavy (non-hydrogen) atoms. The first-order valence-electron chi connectivity index (χ1n) is 11.9. The fraction of sp³-hybridized carbons (Fsp3) is 0.500. The first kappa shape index (κ1) is 31.0. The van der Waals surface area contributed by atoms with Crippen LogP contribution in [0.15, 0.2) is 30.3 Å². The second-order valence-corrected chi connectivity index (χ2v) is 8.80. The maximum absolute atomic E-state index is 13.2. The van der Waals surface area contributed by atoms with Crippen molar-refractivity contribution in [2.45, 2.75) is 70.1 Å². The number of carboxylic acid groups (broad SMARTS) is 1. The van der Waals surface area contributed by atoms with Gasteiger partial charge in [-0.05, 0) is 17.9 Å². The lowest BCUT2D eigenvalue weighted by atomic mass is 9.98. The highest BCUT2D eigenvalue weighted by atomic mass is 16.4. The van der Waals surface area contributed by atoms with Gasteiger partial charge in [0.15, 0.2) is 0 Å². The van der Waals surface area contributed by atoms with Crippen LogP contribution in [0.25, 0.3) is 0 Å². The van der Waals surface area contributed by atoms with Crippen molar-refractivity contribution >= 4 is 35.5 Å². The summed E-state index contributed by atoms with van der Waals surface area (Å²) in [5.74, 6) is -5.61. The van der Waals surface area contributed by atoms with Gasteiger partial charge in [0.1, 0.15) is 18.1 Å². The SMILES string of the molecule is CCC(C)C(NC(=O)C(CCC(N)=O)NC(=O)C(Cc1ccccc1)NC(=O)C(N)CC(N)=O)C(=O)O. The summed E-state index contributed by atoms with van der Waals surface area (Å²) in [6.07, 6.45) is -0.435. The maximum Gasteiger partial charge on any atom is 0.326 e. The van der Waals surface area contributed by atoms with E-state index >= 15 is 0 Å². The third kappa shape index (κ3) is 11.1. The van der Waals surface area contributed by atoms with Crippen LogP contribution in [0.5, 0.6) is 0 Å². The molecule has 1 aromatic rings. The lowest BCUT2D eigenvalue weighted by Crippen LogP contribution is -2.58. The molecule has 5 atom stereocenters. The number of hydrogen-bond donors (Lipinski definition) is 7. The molecular weight excluding hydrogens is 484 g/mol. The van der Waals surface area contributed by atoms with Crippen molar-refractivity contribution in [3.63, 3.8) is 0 Å². The minimum atomic E-state index is -1.32. The molecule has 0 saturated heterocycles. The normalized spacial score (nSPS) is 14.8. The van der Waals surface area contributed by atoms with Crippen molar-refractivity contribution < 1.29 is 33.9 Å². The summed E-state index contributed by atoms with van der Waals surface area (Å²) < 4.78 is 0. The van der Waals surface area contributed by atoms with E-state index < -0.39 is 72.0 Å². The van der Waals surface area contributed by atoms with E-state index in [0.717, 1.165) is 0 Å². The summed E-state index contributed by atoms with van der Waals surface area (Å²) in [6, 6.07) is 3.60. The van der Waals surface area contributed by atoms with Crippen LogP contribution in [0, 0.1) is 5.92 Å². The third-order valence-electron chi connectivity index (χ3n) is 5.76. The largest absolute Gasteiger partial charge is 0.480 e. The number of primary amides is 2. The Kier molecular flexibility index (Phi) is 12.7. The van der Waals surface area contributed by atoms with E-state index in [1.54, 1.807) is 44.2 Å². The van der Waals surface area contributed by atoms with E-state index in [1.165, 1.54) is 0 Å². The Bertz CT molecular complexity index is 972. The van der Waals surface area contributed by atoms with Crippen molar-refractivity contribution in [3.05, 3.63) is 35.9 Å². The van der Waals surface area contributed by atoms with Gasteiger partial charge in [0.2, 0.25) is 29.5 Å². The molecule has 0 saturated carbocycles. The molecule has 10 N–H and O–H groups in total. The summed E-state index contributed by atoms with van der Waals surface area (Å²) in [5.41, 5.74) is 16.7. The minimum absolute atomic E-state index is 0.0104. The van der Waals surface area contributed by atoms with Crippen molar-refractivity contribution in [1.29, 1.82) is 0 Å². The molecule has 13 nitrogen and oxygen atoms in total. The van der Waals surface area contributed by atoms with E-state index in [4.69, 9.17) is 17.2 Å². The highest BCUT2D eigenvalue weighted by Crippen LogP contribution is 2.10. The summed E-state index contributed by atoms with van der Waals surface area (Å²) in [7, 11) is 0. The number of benzene rings is 1. The van der Waals surface area contributed by atoms with Crippen LogP contribution in [-0.2, 0) is 35.2 Å². The lowest BCUT2D eigenvalue weighted by Gasteiger charge is -2.26. The molecule has 0 fully saturated rings. The van der Waals surface area contributed by atoms with Crippen LogP contribution in [0.1, 0.15) is 45.1 Å². The number of nitrogens with one attached hydrogen (secondary N) is 3. The molecule has 1 aromatic carbocycles. The van der Waals surface area contributed by atoms with Crippen LogP contribution in [-0.4, -0.2) is 64.8 Å². The Morgan fingerprint density at radius 2 is 1.43 bits per heavy atom. The highest BCUT2D eigenvalue weighted by molar-refractivity contribution is 5.95. The van der Waals surface area contributed by atoms with Gasteiger partial charge in [-0.3, -0.25) is 24.0 Å². The fourth-order valence-electron chi connectivity index (χ4n) is 3.41. The Morgan fingerprint density at radius 1 is 0.865 bits per heavy atom. The summed E-state index contributed by atoms with van der Waals surface area (Å²) in [5, 5.41) is 16.8. The Labute approximate surface area is 214 Å². The van der Waals surface area contributed by atoms with Gasteiger partial charge in [-0.15, -0.1) is 0 Å². The smallest absolute Gasteiger partial charge is 0.326 e. The molecule has 5 unspecified atom stereocenters. The van der Waals surface area contributed by atoms with Gasteiger partial charge in [0.25, 0.3) is 0 Å². The number of carbonyl (C=O) groups is 6. The summed E-state index contributed by atoms with van der Waals surface area (Å²) >= 11 is 0. The molecule has 0 aliphatic rings. The molecule has 1 rings (SSSR count). The number of amides is 5. The van der Waals surface area contributed by atoms with Crippen LogP contribution in [0.2, 0.25) is 0 Å². The Balaban J connectivity index is 3.16. The number of nitrogens with two attached hydrogens (primary N) is 3. The predicted molar refractivity (Wildman–Crippen MR) is 133 cm³/mol. The van der Waals surface area contributed by atoms with Crippen molar-refractivity contribution in [2.75, 3.05) is 0 Å². The monoisotopic (exact) mass is 520 g/mol. The zero-order valence-corrected chi connectivity index (χ0v) is 20.9. The average Bonchev–Trinajstić information content (AvgIpc) is 2.83. The average molecular weight is 521 g/mol. The van der Waals surface area contributed by atoms with E-state index in [1.807, 2.05) is 0 Å². The second-order valence-electron chi connectivity index (χ2n) is 8.80. The fourth-order valence-corrected chi connectivity index (χ4v) is 3.41. The number of rotatable bonds is 16. The van der Waals surface area contributed by atoms with Crippen LogP contribution >= 0.6 is 0 Å². The molecule has 0 radical (unpaired) electrons. The quantitative estimate of drug-likeness (QED) is 0.132. The van der Waals surface area contributed by atoms with E-state index in [2.05, 4.69) is 16.0 Å². The molecule has 204 valence electrons. The predicted octanol–water partition coefficient (Wildman–Crippen LogP) is -1.72. The van der Waals surface area contributed by atoms with E-state index in [0.29, 0.717) is 12.0 Å². The molecule has 5 amide bonds. The Hall–Kier alpha value is -4.00. The summed E-state index contributed by atoms with van der Waals surface area (Å²) in [6.45, 7) is 3.41. The highest BCUT2D eigenvalue weighted by Gasteiger charge is 2.32. The topological polar surface area (TPSA) is 237 Å². The zero-order chi connectivity index (χ0) is 28.1.